The van der Waals surface area contributed by atoms with Crippen molar-refractivity contribution in [2.45, 2.75) is 117 Å². The molecule has 10 heteroatoms. The SMILES string of the molecule is CC(C)[C@@H]1C[C@@H](C(=O)NC(/C=C/C2CC2)C(=O)C(N)=O)N(C(=O)[C@@H](NC(=O)NC2(C)CCCCC2)C(C)(C)C)C1. The first-order chi connectivity index (χ1) is 18.6. The Morgan fingerprint density at radius 2 is 1.62 bits per heavy atom. The molecule has 40 heavy (non-hydrogen) atoms. The maximum atomic E-state index is 14.1. The molecule has 5 N–H and O–H groups in total. The van der Waals surface area contributed by atoms with Crippen molar-refractivity contribution in [1.29, 1.82) is 0 Å². The fraction of sp³-hybridized carbons (Fsp3) is 0.767. The highest BCUT2D eigenvalue weighted by molar-refractivity contribution is 6.38. The molecule has 10 nitrogen and oxygen atoms in total. The Bertz CT molecular complexity index is 1010. The minimum Gasteiger partial charge on any atom is -0.363 e. The van der Waals surface area contributed by atoms with E-state index in [9.17, 15) is 24.0 Å². The molecule has 5 amide bonds. The van der Waals surface area contributed by atoms with Gasteiger partial charge in [-0.2, -0.15) is 0 Å². The van der Waals surface area contributed by atoms with Gasteiger partial charge in [0.15, 0.2) is 0 Å². The second-order valence-corrected chi connectivity index (χ2v) is 13.7. The average molecular weight is 560 g/mol. The smallest absolute Gasteiger partial charge is 0.315 e. The zero-order chi connectivity index (χ0) is 29.8. The van der Waals surface area contributed by atoms with Crippen molar-refractivity contribution in [2.24, 2.45) is 28.9 Å². The van der Waals surface area contributed by atoms with E-state index in [4.69, 9.17) is 5.73 Å². The van der Waals surface area contributed by atoms with Crippen LogP contribution in [0, 0.1) is 23.2 Å². The summed E-state index contributed by atoms with van der Waals surface area (Å²) in [5, 5.41) is 8.69. The molecular formula is C30H49N5O5. The highest BCUT2D eigenvalue weighted by atomic mass is 16.2. The van der Waals surface area contributed by atoms with Gasteiger partial charge in [0, 0.05) is 12.1 Å². The summed E-state index contributed by atoms with van der Waals surface area (Å²) in [6.07, 6.45) is 10.8. The van der Waals surface area contributed by atoms with Crippen molar-refractivity contribution < 1.29 is 24.0 Å². The molecular weight excluding hydrogens is 510 g/mol. The number of ketones is 1. The van der Waals surface area contributed by atoms with Gasteiger partial charge in [0.1, 0.15) is 18.1 Å². The first-order valence-corrected chi connectivity index (χ1v) is 14.8. The normalized spacial score (nSPS) is 24.4. The zero-order valence-corrected chi connectivity index (χ0v) is 25.0. The van der Waals surface area contributed by atoms with Gasteiger partial charge in [0.2, 0.25) is 17.6 Å². The largest absolute Gasteiger partial charge is 0.363 e. The molecule has 1 saturated heterocycles. The standard InChI is InChI=1S/C30H49N5O5/c1-18(2)20-16-22(26(38)32-21(23(36)25(31)37)13-12-19-10-11-19)35(17-20)27(39)24(29(3,4)5)33-28(40)34-30(6)14-8-7-9-15-30/h12-13,18-22,24H,7-11,14-17H2,1-6H3,(H2,31,37)(H,32,38)(H2,33,34,40)/b13-12+/t20-,21?,22+,24-/m1/s1. The number of amides is 5. The van der Waals surface area contributed by atoms with Gasteiger partial charge in [-0.3, -0.25) is 19.2 Å². The molecule has 0 aromatic carbocycles. The number of carbonyl (C=O) groups is 5. The highest BCUT2D eigenvalue weighted by Gasteiger charge is 2.46. The van der Waals surface area contributed by atoms with E-state index >= 15 is 0 Å². The van der Waals surface area contributed by atoms with Crippen molar-refractivity contribution in [1.82, 2.24) is 20.9 Å². The quantitative estimate of drug-likeness (QED) is 0.240. The second-order valence-electron chi connectivity index (χ2n) is 13.7. The lowest BCUT2D eigenvalue weighted by Gasteiger charge is -2.38. The molecule has 0 bridgehead atoms. The Kier molecular flexibility index (Phi) is 10.1. The van der Waals surface area contributed by atoms with Gasteiger partial charge in [-0.25, -0.2) is 4.79 Å². The van der Waals surface area contributed by atoms with E-state index in [2.05, 4.69) is 16.0 Å². The number of nitrogens with one attached hydrogen (secondary N) is 3. The monoisotopic (exact) mass is 559 g/mol. The Balaban J connectivity index is 1.80. The molecule has 3 fully saturated rings. The van der Waals surface area contributed by atoms with Crippen molar-refractivity contribution in [3.05, 3.63) is 12.2 Å². The number of rotatable bonds is 10. The second kappa shape index (κ2) is 12.7. The molecule has 1 heterocycles. The van der Waals surface area contributed by atoms with Gasteiger partial charge in [-0.1, -0.05) is 66.0 Å². The van der Waals surface area contributed by atoms with Crippen LogP contribution >= 0.6 is 0 Å². The van der Waals surface area contributed by atoms with Crippen molar-refractivity contribution in [3.63, 3.8) is 0 Å². The lowest BCUT2D eigenvalue weighted by atomic mass is 9.83. The summed E-state index contributed by atoms with van der Waals surface area (Å²) in [7, 11) is 0. The minimum absolute atomic E-state index is 0.0580. The molecule has 3 aliphatic rings. The van der Waals surface area contributed by atoms with E-state index in [1.54, 1.807) is 0 Å². The Morgan fingerprint density at radius 3 is 2.15 bits per heavy atom. The fourth-order valence-electron chi connectivity index (χ4n) is 5.72. The van der Waals surface area contributed by atoms with Gasteiger partial charge < -0.3 is 26.6 Å². The summed E-state index contributed by atoms with van der Waals surface area (Å²) in [6.45, 7) is 12.1. The molecule has 2 saturated carbocycles. The zero-order valence-electron chi connectivity index (χ0n) is 25.0. The molecule has 4 atom stereocenters. The van der Waals surface area contributed by atoms with Gasteiger partial charge >= 0.3 is 6.03 Å². The summed E-state index contributed by atoms with van der Waals surface area (Å²) in [4.78, 5) is 66.5. The van der Waals surface area contributed by atoms with Crippen LogP contribution in [0.1, 0.15) is 92.9 Å². The lowest BCUT2D eigenvalue weighted by Crippen LogP contribution is -2.61. The molecule has 1 aliphatic heterocycles. The summed E-state index contributed by atoms with van der Waals surface area (Å²) >= 11 is 0. The topological polar surface area (TPSA) is 151 Å². The number of Topliss-reactive ketones (excluding diaryl/α,β-unsaturated/α-hetero) is 1. The van der Waals surface area contributed by atoms with Crippen LogP contribution in [-0.4, -0.2) is 64.6 Å². The van der Waals surface area contributed by atoms with Crippen LogP contribution in [0.25, 0.3) is 0 Å². The maximum absolute atomic E-state index is 14.1. The van der Waals surface area contributed by atoms with Gasteiger partial charge in [0.25, 0.3) is 5.91 Å². The molecule has 224 valence electrons. The van der Waals surface area contributed by atoms with E-state index < -0.39 is 47.2 Å². The highest BCUT2D eigenvalue weighted by Crippen LogP contribution is 2.33. The summed E-state index contributed by atoms with van der Waals surface area (Å²) in [5.41, 5.74) is 4.31. The number of carbonyl (C=O) groups excluding carboxylic acids is 5. The number of nitrogens with two attached hydrogens (primary N) is 1. The first kappa shape index (κ1) is 31.6. The van der Waals surface area contributed by atoms with Crippen LogP contribution in [-0.2, 0) is 19.2 Å². The fourth-order valence-corrected chi connectivity index (χ4v) is 5.72. The van der Waals surface area contributed by atoms with E-state index in [1.165, 1.54) is 11.0 Å². The van der Waals surface area contributed by atoms with Crippen LogP contribution in [0.4, 0.5) is 4.79 Å². The van der Waals surface area contributed by atoms with Crippen LogP contribution in [0.3, 0.4) is 0 Å². The summed E-state index contributed by atoms with van der Waals surface area (Å²) in [6, 6.07) is -3.29. The third kappa shape index (κ3) is 8.30. The van der Waals surface area contributed by atoms with Gasteiger partial charge in [-0.15, -0.1) is 0 Å². The number of primary amides is 1. The Morgan fingerprint density at radius 1 is 1.00 bits per heavy atom. The predicted molar refractivity (Wildman–Crippen MR) is 153 cm³/mol. The number of allylic oxidation sites excluding steroid dienone is 1. The predicted octanol–water partition coefficient (Wildman–Crippen LogP) is 2.80. The van der Waals surface area contributed by atoms with E-state index in [0.717, 1.165) is 44.9 Å². The first-order valence-electron chi connectivity index (χ1n) is 14.8. The molecule has 0 spiro atoms. The van der Waals surface area contributed by atoms with Crippen molar-refractivity contribution in [3.8, 4) is 0 Å². The van der Waals surface area contributed by atoms with Crippen LogP contribution in [0.5, 0.6) is 0 Å². The molecule has 0 radical (unpaired) electrons. The van der Waals surface area contributed by atoms with Crippen molar-refractivity contribution >= 4 is 29.5 Å². The number of nitrogens with zero attached hydrogens (tertiary/aromatic N) is 1. The van der Waals surface area contributed by atoms with Gasteiger partial charge in [-0.05, 0) is 62.2 Å². The van der Waals surface area contributed by atoms with E-state index in [1.807, 2.05) is 47.6 Å². The Hall–Kier alpha value is -2.91. The number of hydrogen-bond donors (Lipinski definition) is 4. The molecule has 0 aromatic heterocycles. The van der Waals surface area contributed by atoms with Gasteiger partial charge in [0.05, 0.1) is 0 Å². The third-order valence-electron chi connectivity index (χ3n) is 8.64. The van der Waals surface area contributed by atoms with Crippen LogP contribution < -0.4 is 21.7 Å². The number of hydrogen-bond acceptors (Lipinski definition) is 5. The molecule has 2 aliphatic carbocycles. The van der Waals surface area contributed by atoms with Crippen LogP contribution in [0.15, 0.2) is 12.2 Å². The Labute approximate surface area is 238 Å². The van der Waals surface area contributed by atoms with E-state index in [-0.39, 0.29) is 23.3 Å². The number of likely N-dealkylation sites (tertiary alicyclic amines) is 1. The van der Waals surface area contributed by atoms with E-state index in [0.29, 0.717) is 18.9 Å². The molecule has 3 rings (SSSR count). The molecule has 0 aromatic rings. The average Bonchev–Trinajstić information content (AvgIpc) is 3.58. The molecule has 1 unspecified atom stereocenters. The third-order valence-corrected chi connectivity index (χ3v) is 8.64. The summed E-state index contributed by atoms with van der Waals surface area (Å²) < 4.78 is 0. The van der Waals surface area contributed by atoms with Crippen molar-refractivity contribution in [2.75, 3.05) is 6.54 Å². The summed E-state index contributed by atoms with van der Waals surface area (Å²) in [5.74, 6) is -2.28. The minimum atomic E-state index is -1.18. The van der Waals surface area contributed by atoms with Crippen LogP contribution in [0.2, 0.25) is 0 Å². The maximum Gasteiger partial charge on any atom is 0.315 e. The number of urea groups is 1. The lowest BCUT2D eigenvalue weighted by molar-refractivity contribution is -0.143.